The van der Waals surface area contributed by atoms with E-state index in [0.717, 1.165) is 73.4 Å². The summed E-state index contributed by atoms with van der Waals surface area (Å²) in [5, 5.41) is 4.55. The van der Waals surface area contributed by atoms with Crippen molar-refractivity contribution in [1.82, 2.24) is 14.8 Å². The minimum absolute atomic E-state index is 0.132. The van der Waals surface area contributed by atoms with E-state index >= 15 is 0 Å². The van der Waals surface area contributed by atoms with Gasteiger partial charge >= 0.3 is 0 Å². The number of halogens is 1. The number of methoxy groups -OCH3 is 1. The number of ether oxygens (including phenoxy) is 2. The molecule has 1 N–H and O–H groups in total. The zero-order chi connectivity index (χ0) is 28.4. The summed E-state index contributed by atoms with van der Waals surface area (Å²) >= 11 is 6.11. The van der Waals surface area contributed by atoms with Crippen LogP contribution in [0.3, 0.4) is 0 Å². The Balaban J connectivity index is 1.10. The molecule has 2 aliphatic rings. The molecule has 3 aromatic carbocycles. The number of nitrogens with one attached hydrogen (secondary N) is 1. The summed E-state index contributed by atoms with van der Waals surface area (Å²) in [6.07, 6.45) is 4.98. The van der Waals surface area contributed by atoms with Crippen molar-refractivity contribution < 1.29 is 19.1 Å². The molecule has 1 fully saturated rings. The summed E-state index contributed by atoms with van der Waals surface area (Å²) in [5.41, 5.74) is 2.81. The number of nitrogens with zero attached hydrogens (tertiary/aromatic N) is 2. The van der Waals surface area contributed by atoms with Gasteiger partial charge in [-0.2, -0.15) is 0 Å². The van der Waals surface area contributed by atoms with Gasteiger partial charge in [0.1, 0.15) is 17.1 Å². The molecular formula is C33H34ClN3O4. The standard InChI is InChI=1S/C33H34ClN3O4/c1-40-30-12-5-10-25-27(32(39)35-21-23-7-4-8-24(34)19-23)22-37(31(25)30)16-6-15-36-17-13-33(14-18-36)20-28(38)26-9-2-3-11-29(26)41-33/h2-5,7-12,19,22H,6,13-18,20-21H2,1H3,(H,35,39). The van der Waals surface area contributed by atoms with Gasteiger partial charge in [-0.3, -0.25) is 9.59 Å². The van der Waals surface area contributed by atoms with Crippen molar-refractivity contribution in [2.75, 3.05) is 26.7 Å². The van der Waals surface area contributed by atoms with Crippen molar-refractivity contribution in [3.8, 4) is 11.5 Å². The van der Waals surface area contributed by atoms with Crippen LogP contribution in [0, 0.1) is 0 Å². The van der Waals surface area contributed by atoms with Crippen molar-refractivity contribution in [2.24, 2.45) is 0 Å². The summed E-state index contributed by atoms with van der Waals surface area (Å²) in [7, 11) is 1.66. The lowest BCUT2D eigenvalue weighted by molar-refractivity contribution is -0.00926. The molecule has 0 aliphatic carbocycles. The average molecular weight is 572 g/mol. The highest BCUT2D eigenvalue weighted by Gasteiger charge is 2.42. The molecule has 41 heavy (non-hydrogen) atoms. The Morgan fingerprint density at radius 3 is 2.66 bits per heavy atom. The van der Waals surface area contributed by atoms with E-state index in [1.54, 1.807) is 7.11 Å². The van der Waals surface area contributed by atoms with Crippen LogP contribution in [0.1, 0.15) is 52.0 Å². The lowest BCUT2D eigenvalue weighted by Gasteiger charge is -2.44. The van der Waals surface area contributed by atoms with Gasteiger partial charge in [-0.15, -0.1) is 0 Å². The number of benzene rings is 3. The van der Waals surface area contributed by atoms with E-state index < -0.39 is 0 Å². The Morgan fingerprint density at radius 2 is 1.85 bits per heavy atom. The quantitative estimate of drug-likeness (QED) is 0.276. The fourth-order valence-corrected chi connectivity index (χ4v) is 6.36. The molecule has 1 aromatic heterocycles. The number of hydrogen-bond acceptors (Lipinski definition) is 5. The molecule has 3 heterocycles. The molecule has 2 aliphatic heterocycles. The van der Waals surface area contributed by atoms with E-state index in [4.69, 9.17) is 21.1 Å². The normalized spacial score (nSPS) is 16.4. The first-order valence-corrected chi connectivity index (χ1v) is 14.5. The zero-order valence-electron chi connectivity index (χ0n) is 23.2. The van der Waals surface area contributed by atoms with Crippen molar-refractivity contribution in [2.45, 2.75) is 44.4 Å². The molecule has 212 valence electrons. The zero-order valence-corrected chi connectivity index (χ0v) is 24.0. The summed E-state index contributed by atoms with van der Waals surface area (Å²) < 4.78 is 14.2. The van der Waals surface area contributed by atoms with Crippen LogP contribution < -0.4 is 14.8 Å². The molecule has 8 heteroatoms. The molecule has 7 nitrogen and oxygen atoms in total. The number of aromatic nitrogens is 1. The minimum atomic E-state index is -0.390. The fourth-order valence-electron chi connectivity index (χ4n) is 6.14. The number of Topliss-reactive ketones (excluding diaryl/α,β-unsaturated/α-hetero) is 1. The molecule has 0 bridgehead atoms. The first-order valence-electron chi connectivity index (χ1n) is 14.2. The van der Waals surface area contributed by atoms with Gasteiger partial charge in [-0.25, -0.2) is 0 Å². The maximum absolute atomic E-state index is 13.3. The molecule has 6 rings (SSSR count). The van der Waals surface area contributed by atoms with Gasteiger partial charge < -0.3 is 24.3 Å². The van der Waals surface area contributed by atoms with Gasteiger partial charge in [0.2, 0.25) is 0 Å². The summed E-state index contributed by atoms with van der Waals surface area (Å²) in [4.78, 5) is 28.5. The maximum Gasteiger partial charge on any atom is 0.253 e. The Morgan fingerprint density at radius 1 is 1.05 bits per heavy atom. The number of fused-ring (bicyclic) bond motifs is 2. The highest BCUT2D eigenvalue weighted by molar-refractivity contribution is 6.30. The van der Waals surface area contributed by atoms with E-state index in [0.29, 0.717) is 29.1 Å². The fraction of sp³-hybridized carbons (Fsp3) is 0.333. The lowest BCUT2D eigenvalue weighted by atomic mass is 9.82. The Kier molecular flexibility index (Phi) is 7.73. The number of para-hydroxylation sites is 2. The topological polar surface area (TPSA) is 72.8 Å². The molecule has 0 saturated carbocycles. The lowest BCUT2D eigenvalue weighted by Crippen LogP contribution is -2.51. The summed E-state index contributed by atoms with van der Waals surface area (Å²) in [5.74, 6) is 1.52. The van der Waals surface area contributed by atoms with E-state index in [2.05, 4.69) is 14.8 Å². The first-order chi connectivity index (χ1) is 19.9. The van der Waals surface area contributed by atoms with E-state index in [9.17, 15) is 9.59 Å². The van der Waals surface area contributed by atoms with Crippen LogP contribution in [-0.2, 0) is 13.1 Å². The molecule has 1 saturated heterocycles. The van der Waals surface area contributed by atoms with Crippen LogP contribution in [0.15, 0.2) is 72.9 Å². The van der Waals surface area contributed by atoms with Crippen LogP contribution >= 0.6 is 11.6 Å². The Labute approximate surface area is 245 Å². The molecule has 1 amide bonds. The third kappa shape index (κ3) is 5.69. The van der Waals surface area contributed by atoms with Crippen LogP contribution in [0.2, 0.25) is 5.02 Å². The van der Waals surface area contributed by atoms with Gasteiger partial charge in [0, 0.05) is 55.6 Å². The second-order valence-electron chi connectivity index (χ2n) is 11.0. The predicted molar refractivity (Wildman–Crippen MR) is 160 cm³/mol. The third-order valence-corrected chi connectivity index (χ3v) is 8.54. The third-order valence-electron chi connectivity index (χ3n) is 8.31. The highest BCUT2D eigenvalue weighted by Crippen LogP contribution is 2.39. The molecule has 4 aromatic rings. The van der Waals surface area contributed by atoms with Crippen LogP contribution in [0.5, 0.6) is 11.5 Å². The maximum atomic E-state index is 13.3. The number of rotatable bonds is 8. The average Bonchev–Trinajstić information content (AvgIpc) is 3.36. The van der Waals surface area contributed by atoms with Crippen LogP contribution in [0.4, 0.5) is 0 Å². The molecule has 0 radical (unpaired) electrons. The number of ketones is 1. The number of aryl methyl sites for hydroxylation is 1. The minimum Gasteiger partial charge on any atom is -0.495 e. The Hall–Kier alpha value is -3.81. The van der Waals surface area contributed by atoms with Crippen molar-refractivity contribution in [3.63, 3.8) is 0 Å². The van der Waals surface area contributed by atoms with Crippen molar-refractivity contribution in [3.05, 3.63) is 94.6 Å². The number of amides is 1. The number of carbonyl (C=O) groups is 2. The number of hydrogen-bond donors (Lipinski definition) is 1. The molecule has 0 atom stereocenters. The first kappa shape index (κ1) is 27.4. The van der Waals surface area contributed by atoms with Crippen LogP contribution in [0.25, 0.3) is 10.9 Å². The van der Waals surface area contributed by atoms with Crippen LogP contribution in [-0.4, -0.2) is 53.5 Å². The monoisotopic (exact) mass is 571 g/mol. The summed E-state index contributed by atoms with van der Waals surface area (Å²) in [6.45, 7) is 3.85. The summed E-state index contributed by atoms with van der Waals surface area (Å²) in [6, 6.07) is 20.9. The smallest absolute Gasteiger partial charge is 0.253 e. The molecular weight excluding hydrogens is 538 g/mol. The number of piperidine rings is 1. The number of likely N-dealkylation sites (tertiary alicyclic amines) is 1. The Bertz CT molecular complexity index is 1590. The second kappa shape index (κ2) is 11.6. The van der Waals surface area contributed by atoms with E-state index in [1.165, 1.54) is 0 Å². The molecule has 0 unspecified atom stereocenters. The van der Waals surface area contributed by atoms with Gasteiger partial charge in [0.15, 0.2) is 5.78 Å². The van der Waals surface area contributed by atoms with Crippen molar-refractivity contribution >= 4 is 34.2 Å². The predicted octanol–water partition coefficient (Wildman–Crippen LogP) is 6.12. The van der Waals surface area contributed by atoms with E-state index in [1.807, 2.05) is 72.9 Å². The highest BCUT2D eigenvalue weighted by atomic mass is 35.5. The van der Waals surface area contributed by atoms with Gasteiger partial charge in [0.05, 0.1) is 30.2 Å². The SMILES string of the molecule is COc1cccc2c(C(=O)NCc3cccc(Cl)c3)cn(CCCN3CCC4(CC3)CC(=O)c3ccccc3O4)c12. The van der Waals surface area contributed by atoms with Gasteiger partial charge in [0.25, 0.3) is 5.91 Å². The second-order valence-corrected chi connectivity index (χ2v) is 11.4. The largest absolute Gasteiger partial charge is 0.495 e. The number of carbonyl (C=O) groups excluding carboxylic acids is 2. The van der Waals surface area contributed by atoms with Gasteiger partial charge in [-0.1, -0.05) is 48.0 Å². The van der Waals surface area contributed by atoms with Crippen molar-refractivity contribution in [1.29, 1.82) is 0 Å². The van der Waals surface area contributed by atoms with E-state index in [-0.39, 0.29) is 17.3 Å². The molecule has 1 spiro atoms. The van der Waals surface area contributed by atoms with Gasteiger partial charge in [-0.05, 0) is 48.9 Å².